The number of nitrogens with one attached hydrogen (secondary N) is 1. The van der Waals surface area contributed by atoms with Gasteiger partial charge in [0.2, 0.25) is 0 Å². The zero-order valence-electron chi connectivity index (χ0n) is 18.5. The van der Waals surface area contributed by atoms with E-state index in [4.69, 9.17) is 0 Å². The fourth-order valence-corrected chi connectivity index (χ4v) is 4.82. The molecule has 0 bridgehead atoms. The van der Waals surface area contributed by atoms with Crippen molar-refractivity contribution in [2.75, 3.05) is 11.4 Å². The van der Waals surface area contributed by atoms with Crippen molar-refractivity contribution < 1.29 is 9.90 Å². The van der Waals surface area contributed by atoms with Crippen molar-refractivity contribution in [1.82, 2.24) is 5.43 Å². The molecule has 0 aromatic heterocycles. The number of carbonyl (C=O) groups excluding carboxylic acids is 1. The number of hydrogen-bond acceptors (Lipinski definition) is 4. The van der Waals surface area contributed by atoms with Gasteiger partial charge in [-0.05, 0) is 79.3 Å². The molecule has 4 rings (SSSR count). The first-order chi connectivity index (χ1) is 14.8. The minimum absolute atomic E-state index is 0.0590. The number of aromatic hydroxyl groups is 1. The average Bonchev–Trinajstić information content (AvgIpc) is 2.73. The van der Waals surface area contributed by atoms with Crippen LogP contribution in [0.4, 0.5) is 5.69 Å². The van der Waals surface area contributed by atoms with Gasteiger partial charge in [-0.2, -0.15) is 5.10 Å². The largest absolute Gasteiger partial charge is 0.507 e. The van der Waals surface area contributed by atoms with Crippen LogP contribution in [0.15, 0.2) is 59.7 Å². The summed E-state index contributed by atoms with van der Waals surface area (Å²) in [7, 11) is 0. The van der Waals surface area contributed by atoms with Gasteiger partial charge < -0.3 is 10.0 Å². The Morgan fingerprint density at radius 2 is 1.90 bits per heavy atom. The number of carbonyl (C=O) groups is 1. The van der Waals surface area contributed by atoms with Crippen molar-refractivity contribution in [1.29, 1.82) is 0 Å². The Morgan fingerprint density at radius 3 is 2.61 bits per heavy atom. The van der Waals surface area contributed by atoms with Gasteiger partial charge in [-0.15, -0.1) is 0 Å². The van der Waals surface area contributed by atoms with Crippen LogP contribution in [0.2, 0.25) is 0 Å². The van der Waals surface area contributed by atoms with Crippen molar-refractivity contribution in [2.45, 2.75) is 45.6 Å². The summed E-state index contributed by atoms with van der Waals surface area (Å²) in [6.07, 6.45) is 2.74. The highest BCUT2D eigenvalue weighted by Gasteiger charge is 2.35. The molecule has 0 unspecified atom stereocenters. The van der Waals surface area contributed by atoms with Crippen molar-refractivity contribution in [2.24, 2.45) is 5.10 Å². The van der Waals surface area contributed by atoms with Gasteiger partial charge in [-0.3, -0.25) is 4.79 Å². The minimum Gasteiger partial charge on any atom is -0.507 e. The smallest absolute Gasteiger partial charge is 0.275 e. The Morgan fingerprint density at radius 1 is 1.19 bits per heavy atom. The number of amides is 1. The summed E-state index contributed by atoms with van der Waals surface area (Å²) in [5.74, 6) is -0.0497. The summed E-state index contributed by atoms with van der Waals surface area (Å²) >= 11 is 0. The maximum atomic E-state index is 12.5. The molecule has 0 radical (unpaired) electrons. The molecule has 0 saturated carbocycles. The van der Waals surface area contributed by atoms with Gasteiger partial charge in [0.05, 0.1) is 11.8 Å². The molecule has 1 atom stereocenters. The van der Waals surface area contributed by atoms with Gasteiger partial charge in [0.1, 0.15) is 5.75 Å². The lowest BCUT2D eigenvalue weighted by atomic mass is 9.79. The van der Waals surface area contributed by atoms with Crippen LogP contribution in [0.5, 0.6) is 5.75 Å². The van der Waals surface area contributed by atoms with E-state index in [1.54, 1.807) is 18.3 Å². The lowest BCUT2D eigenvalue weighted by Gasteiger charge is -2.47. The quantitative estimate of drug-likeness (QED) is 0.442. The highest BCUT2D eigenvalue weighted by molar-refractivity contribution is 6.01. The van der Waals surface area contributed by atoms with Crippen molar-refractivity contribution in [3.63, 3.8) is 0 Å². The zero-order valence-corrected chi connectivity index (χ0v) is 18.5. The number of phenolic OH excluding ortho intramolecular Hbond substituents is 1. The monoisotopic (exact) mass is 415 g/mol. The molecule has 1 aliphatic heterocycles. The molecule has 31 heavy (non-hydrogen) atoms. The van der Waals surface area contributed by atoms with Gasteiger partial charge in [-0.1, -0.05) is 37.3 Å². The van der Waals surface area contributed by atoms with Crippen LogP contribution in [0.3, 0.4) is 0 Å². The van der Waals surface area contributed by atoms with E-state index in [2.05, 4.69) is 55.3 Å². The van der Waals surface area contributed by atoms with Crippen LogP contribution in [0, 0.1) is 0 Å². The van der Waals surface area contributed by atoms with Crippen LogP contribution in [0.25, 0.3) is 10.8 Å². The molecule has 5 nitrogen and oxygen atoms in total. The van der Waals surface area contributed by atoms with Crippen LogP contribution in [0.1, 0.15) is 61.5 Å². The van der Waals surface area contributed by atoms with Crippen molar-refractivity contribution in [3.05, 3.63) is 71.3 Å². The molecular weight excluding hydrogens is 386 g/mol. The summed E-state index contributed by atoms with van der Waals surface area (Å²) < 4.78 is 0. The first kappa shape index (κ1) is 20.9. The maximum Gasteiger partial charge on any atom is 0.275 e. The molecule has 0 fully saturated rings. The number of rotatable bonds is 4. The van der Waals surface area contributed by atoms with E-state index in [1.165, 1.54) is 11.3 Å². The molecule has 0 aliphatic carbocycles. The fourth-order valence-electron chi connectivity index (χ4n) is 4.82. The number of fused-ring (bicyclic) bond motifs is 2. The fraction of sp³-hybridized carbons (Fsp3) is 0.308. The molecule has 3 aromatic carbocycles. The first-order valence-corrected chi connectivity index (χ1v) is 10.8. The SMILES string of the molecule is CCN1c2ccc(/C=N\NC(=O)c3cc4ccccc4cc3O)cc2[C@@H](C)CC1(C)C. The normalized spacial score (nSPS) is 17.7. The second-order valence-electron chi connectivity index (χ2n) is 8.90. The number of phenols is 1. The predicted molar refractivity (Wildman–Crippen MR) is 127 cm³/mol. The molecule has 0 saturated heterocycles. The second kappa shape index (κ2) is 8.06. The highest BCUT2D eigenvalue weighted by atomic mass is 16.3. The van der Waals surface area contributed by atoms with E-state index < -0.39 is 5.91 Å². The second-order valence-corrected chi connectivity index (χ2v) is 8.90. The lowest BCUT2D eigenvalue weighted by Crippen LogP contribution is -2.48. The van der Waals surface area contributed by atoms with Gasteiger partial charge >= 0.3 is 0 Å². The van der Waals surface area contributed by atoms with Gasteiger partial charge in [0.25, 0.3) is 5.91 Å². The van der Waals surface area contributed by atoms with E-state index in [0.717, 1.165) is 29.3 Å². The number of hydrazone groups is 1. The van der Waals surface area contributed by atoms with Crippen molar-refractivity contribution >= 4 is 28.6 Å². The predicted octanol–water partition coefficient (Wildman–Crippen LogP) is 5.42. The molecule has 5 heteroatoms. The maximum absolute atomic E-state index is 12.5. The molecule has 2 N–H and O–H groups in total. The van der Waals surface area contributed by atoms with E-state index in [9.17, 15) is 9.90 Å². The standard InChI is InChI=1S/C26H29N3O2/c1-5-29-23-11-10-18(12-21(23)17(2)15-26(29,3)4)16-27-28-25(31)22-13-19-8-6-7-9-20(19)14-24(22)30/h6-14,16-17,30H,5,15H2,1-4H3,(H,28,31)/b27-16-/t17-/m0/s1. The van der Waals surface area contributed by atoms with Gasteiger partial charge in [0, 0.05) is 17.8 Å². The Bertz CT molecular complexity index is 1170. The van der Waals surface area contributed by atoms with Crippen LogP contribution in [-0.4, -0.2) is 29.3 Å². The molecule has 160 valence electrons. The molecular formula is C26H29N3O2. The van der Waals surface area contributed by atoms with E-state index in [-0.39, 0.29) is 16.9 Å². The van der Waals surface area contributed by atoms with E-state index >= 15 is 0 Å². The summed E-state index contributed by atoms with van der Waals surface area (Å²) in [6, 6.07) is 17.2. The third-order valence-corrected chi connectivity index (χ3v) is 6.21. The van der Waals surface area contributed by atoms with Gasteiger partial charge in [0.15, 0.2) is 0 Å². The molecule has 0 spiro atoms. The number of benzene rings is 3. The highest BCUT2D eigenvalue weighted by Crippen LogP contribution is 2.43. The molecule has 1 amide bonds. The van der Waals surface area contributed by atoms with Crippen molar-refractivity contribution in [3.8, 4) is 5.75 Å². The summed E-state index contributed by atoms with van der Waals surface area (Å²) in [5.41, 5.74) is 6.39. The molecule has 1 heterocycles. The average molecular weight is 416 g/mol. The zero-order chi connectivity index (χ0) is 22.2. The Hall–Kier alpha value is -3.34. The van der Waals surface area contributed by atoms with E-state index in [1.807, 2.05) is 30.3 Å². The third-order valence-electron chi connectivity index (χ3n) is 6.21. The first-order valence-electron chi connectivity index (χ1n) is 10.8. The molecule has 1 aliphatic rings. The summed E-state index contributed by atoms with van der Waals surface area (Å²) in [5, 5.41) is 16.1. The topological polar surface area (TPSA) is 64.9 Å². The Kier molecular flexibility index (Phi) is 5.44. The number of anilines is 1. The van der Waals surface area contributed by atoms with Crippen LogP contribution >= 0.6 is 0 Å². The Balaban J connectivity index is 1.53. The van der Waals surface area contributed by atoms with E-state index in [0.29, 0.717) is 5.92 Å². The Labute approximate surface area is 183 Å². The lowest BCUT2D eigenvalue weighted by molar-refractivity contribution is 0.0952. The van der Waals surface area contributed by atoms with Crippen LogP contribution < -0.4 is 10.3 Å². The molecule has 3 aromatic rings. The van der Waals surface area contributed by atoms with Crippen LogP contribution in [-0.2, 0) is 0 Å². The third kappa shape index (κ3) is 4.00. The summed E-state index contributed by atoms with van der Waals surface area (Å²) in [6.45, 7) is 10.0. The van der Waals surface area contributed by atoms with Gasteiger partial charge in [-0.25, -0.2) is 5.43 Å². The number of nitrogens with zero attached hydrogens (tertiary/aromatic N) is 2. The minimum atomic E-state index is -0.440. The number of hydrogen-bond donors (Lipinski definition) is 2. The summed E-state index contributed by atoms with van der Waals surface area (Å²) in [4.78, 5) is 15.0.